The number of carbonyl (C=O) groups excluding carboxylic acids is 1. The van der Waals surface area contributed by atoms with Crippen molar-refractivity contribution in [3.8, 4) is 0 Å². The molecule has 1 heterocycles. The van der Waals surface area contributed by atoms with Crippen LogP contribution in [0.2, 0.25) is 0 Å². The van der Waals surface area contributed by atoms with Crippen molar-refractivity contribution in [1.29, 1.82) is 0 Å². The van der Waals surface area contributed by atoms with Crippen molar-refractivity contribution >= 4 is 21.7 Å². The molecule has 1 aliphatic carbocycles. The lowest BCUT2D eigenvalue weighted by atomic mass is 10.1. The Kier molecular flexibility index (Phi) is 6.93. The molecule has 28 heavy (non-hydrogen) atoms. The lowest BCUT2D eigenvalue weighted by Gasteiger charge is -2.21. The molecule has 1 amide bonds. The number of guanidine groups is 1. The minimum atomic E-state index is -3.32. The summed E-state index contributed by atoms with van der Waals surface area (Å²) in [7, 11) is -1.65. The number of nitrogens with one attached hydrogen (secondary N) is 2. The number of nitrogens with zero attached hydrogens (tertiary/aromatic N) is 2. The van der Waals surface area contributed by atoms with E-state index in [1.165, 1.54) is 0 Å². The summed E-state index contributed by atoms with van der Waals surface area (Å²) >= 11 is 0. The molecule has 1 atom stereocenters. The van der Waals surface area contributed by atoms with Gasteiger partial charge in [-0.25, -0.2) is 8.42 Å². The molecule has 0 aromatic heterocycles. The summed E-state index contributed by atoms with van der Waals surface area (Å²) in [5.41, 5.74) is 0. The second kappa shape index (κ2) is 9.41. The molecule has 1 aromatic rings. The first kappa shape index (κ1) is 20.6. The molecule has 1 unspecified atom stereocenters. The molecule has 1 saturated heterocycles. The van der Waals surface area contributed by atoms with E-state index in [1.54, 1.807) is 37.4 Å². The highest BCUT2D eigenvalue weighted by Gasteiger charge is 2.32. The van der Waals surface area contributed by atoms with Gasteiger partial charge in [0.2, 0.25) is 5.91 Å². The zero-order valence-electron chi connectivity index (χ0n) is 16.4. The Hall–Kier alpha value is -2.09. The van der Waals surface area contributed by atoms with E-state index >= 15 is 0 Å². The molecular weight excluding hydrogens is 376 g/mol. The summed E-state index contributed by atoms with van der Waals surface area (Å²) in [6, 6.07) is 8.60. The van der Waals surface area contributed by atoms with Crippen molar-refractivity contribution in [1.82, 2.24) is 15.5 Å². The standard InChI is InChI=1S/C20H30N4O3S/c1-21-20(22-12-14-28(26,27)18-9-3-2-4-10-18)23-17-11-13-24(15-17)19(25)16-7-5-6-8-16/h2-4,9-10,16-17H,5-8,11-15H2,1H3,(H2,21,22,23). The van der Waals surface area contributed by atoms with Crippen molar-refractivity contribution < 1.29 is 13.2 Å². The number of aliphatic imine (C=N–C) groups is 1. The fourth-order valence-electron chi connectivity index (χ4n) is 3.95. The number of sulfone groups is 1. The van der Waals surface area contributed by atoms with E-state index in [0.29, 0.717) is 23.3 Å². The monoisotopic (exact) mass is 406 g/mol. The van der Waals surface area contributed by atoms with E-state index < -0.39 is 9.84 Å². The lowest BCUT2D eigenvalue weighted by Crippen LogP contribution is -2.46. The van der Waals surface area contributed by atoms with E-state index in [4.69, 9.17) is 0 Å². The fraction of sp³-hybridized carbons (Fsp3) is 0.600. The van der Waals surface area contributed by atoms with Crippen molar-refractivity contribution in [2.75, 3.05) is 32.4 Å². The fourth-order valence-corrected chi connectivity index (χ4v) is 5.12. The molecule has 2 N–H and O–H groups in total. The van der Waals surface area contributed by atoms with Gasteiger partial charge in [-0.2, -0.15) is 0 Å². The normalized spacial score (nSPS) is 21.1. The molecule has 7 nitrogen and oxygen atoms in total. The average Bonchev–Trinajstić information content (AvgIpc) is 3.39. The van der Waals surface area contributed by atoms with Crippen LogP contribution in [0.5, 0.6) is 0 Å². The first-order valence-electron chi connectivity index (χ1n) is 10.0. The zero-order valence-corrected chi connectivity index (χ0v) is 17.2. The lowest BCUT2D eigenvalue weighted by molar-refractivity contribution is -0.134. The van der Waals surface area contributed by atoms with Crippen LogP contribution in [-0.4, -0.2) is 63.7 Å². The van der Waals surface area contributed by atoms with Crippen LogP contribution in [0.4, 0.5) is 0 Å². The van der Waals surface area contributed by atoms with Crippen LogP contribution < -0.4 is 10.6 Å². The van der Waals surface area contributed by atoms with Gasteiger partial charge in [-0.15, -0.1) is 0 Å². The highest BCUT2D eigenvalue weighted by atomic mass is 32.2. The van der Waals surface area contributed by atoms with E-state index in [0.717, 1.165) is 38.6 Å². The number of amides is 1. The SMILES string of the molecule is CN=C(NCCS(=O)(=O)c1ccccc1)NC1CCN(C(=O)C2CCCC2)C1. The van der Waals surface area contributed by atoms with Crippen LogP contribution in [0.3, 0.4) is 0 Å². The Balaban J connectivity index is 1.44. The molecule has 0 radical (unpaired) electrons. The van der Waals surface area contributed by atoms with E-state index in [1.807, 2.05) is 4.90 Å². The highest BCUT2D eigenvalue weighted by molar-refractivity contribution is 7.91. The van der Waals surface area contributed by atoms with Crippen molar-refractivity contribution in [3.63, 3.8) is 0 Å². The second-order valence-corrected chi connectivity index (χ2v) is 9.64. The highest BCUT2D eigenvalue weighted by Crippen LogP contribution is 2.27. The van der Waals surface area contributed by atoms with Gasteiger partial charge in [0.05, 0.1) is 10.6 Å². The van der Waals surface area contributed by atoms with Crippen molar-refractivity contribution in [3.05, 3.63) is 30.3 Å². The summed E-state index contributed by atoms with van der Waals surface area (Å²) in [6.07, 6.45) is 5.24. The van der Waals surface area contributed by atoms with Crippen molar-refractivity contribution in [2.24, 2.45) is 10.9 Å². The van der Waals surface area contributed by atoms with Gasteiger partial charge >= 0.3 is 0 Å². The third-order valence-electron chi connectivity index (χ3n) is 5.53. The quantitative estimate of drug-likeness (QED) is 0.551. The minimum Gasteiger partial charge on any atom is -0.355 e. The summed E-state index contributed by atoms with van der Waals surface area (Å²) in [5, 5.41) is 6.39. The van der Waals surface area contributed by atoms with Crippen molar-refractivity contribution in [2.45, 2.75) is 43.0 Å². The van der Waals surface area contributed by atoms with E-state index in [2.05, 4.69) is 15.6 Å². The summed E-state index contributed by atoms with van der Waals surface area (Å²) < 4.78 is 24.7. The van der Waals surface area contributed by atoms with Gasteiger partial charge < -0.3 is 15.5 Å². The van der Waals surface area contributed by atoms with Crippen LogP contribution in [0, 0.1) is 5.92 Å². The predicted molar refractivity (Wildman–Crippen MR) is 110 cm³/mol. The Bertz CT molecular complexity index is 789. The third kappa shape index (κ3) is 5.25. The van der Waals surface area contributed by atoms with Crippen LogP contribution in [-0.2, 0) is 14.6 Å². The number of hydrogen-bond donors (Lipinski definition) is 2. The van der Waals surface area contributed by atoms with Gasteiger partial charge in [0.1, 0.15) is 0 Å². The molecule has 2 fully saturated rings. The number of carbonyl (C=O) groups is 1. The van der Waals surface area contributed by atoms with Crippen LogP contribution in [0.15, 0.2) is 40.2 Å². The Morgan fingerprint density at radius 1 is 1.18 bits per heavy atom. The van der Waals surface area contributed by atoms with Gasteiger partial charge in [-0.3, -0.25) is 9.79 Å². The molecule has 154 valence electrons. The average molecular weight is 407 g/mol. The maximum Gasteiger partial charge on any atom is 0.225 e. The van der Waals surface area contributed by atoms with Gasteiger partial charge in [-0.1, -0.05) is 31.0 Å². The summed E-state index contributed by atoms with van der Waals surface area (Å²) in [6.45, 7) is 1.72. The number of likely N-dealkylation sites (tertiary alicyclic amines) is 1. The molecule has 1 aromatic carbocycles. The molecule has 3 rings (SSSR count). The molecule has 2 aliphatic rings. The number of benzene rings is 1. The molecule has 1 saturated carbocycles. The smallest absolute Gasteiger partial charge is 0.225 e. The summed E-state index contributed by atoms with van der Waals surface area (Å²) in [5.74, 6) is 1.07. The number of rotatable bonds is 6. The molecule has 0 bridgehead atoms. The van der Waals surface area contributed by atoms with Crippen LogP contribution >= 0.6 is 0 Å². The molecule has 1 aliphatic heterocycles. The predicted octanol–water partition coefficient (Wildman–Crippen LogP) is 1.42. The topological polar surface area (TPSA) is 90.9 Å². The van der Waals surface area contributed by atoms with E-state index in [9.17, 15) is 13.2 Å². The molecule has 0 spiro atoms. The maximum atomic E-state index is 12.6. The largest absolute Gasteiger partial charge is 0.355 e. The second-order valence-electron chi connectivity index (χ2n) is 7.53. The van der Waals surface area contributed by atoms with E-state index in [-0.39, 0.29) is 24.3 Å². The van der Waals surface area contributed by atoms with Gasteiger partial charge in [0.15, 0.2) is 15.8 Å². The third-order valence-corrected chi connectivity index (χ3v) is 7.27. The van der Waals surface area contributed by atoms with Crippen LogP contribution in [0.1, 0.15) is 32.1 Å². The maximum absolute atomic E-state index is 12.6. The van der Waals surface area contributed by atoms with Gasteiger partial charge in [-0.05, 0) is 31.4 Å². The van der Waals surface area contributed by atoms with Gasteiger partial charge in [0, 0.05) is 38.6 Å². The Morgan fingerprint density at radius 2 is 1.89 bits per heavy atom. The zero-order chi connectivity index (χ0) is 20.0. The van der Waals surface area contributed by atoms with Crippen LogP contribution in [0.25, 0.3) is 0 Å². The molecule has 8 heteroatoms. The first-order valence-corrected chi connectivity index (χ1v) is 11.7. The number of hydrogen-bond acceptors (Lipinski definition) is 4. The summed E-state index contributed by atoms with van der Waals surface area (Å²) in [4.78, 5) is 19.0. The minimum absolute atomic E-state index is 0.00529. The first-order chi connectivity index (χ1) is 13.5. The Labute approximate surface area is 167 Å². The Morgan fingerprint density at radius 3 is 2.57 bits per heavy atom. The molecular formula is C20H30N4O3S. The van der Waals surface area contributed by atoms with Gasteiger partial charge in [0.25, 0.3) is 0 Å².